The molecule has 0 N–H and O–H groups in total. The minimum Gasteiger partial charge on any atom is -0.548 e. The Balaban J connectivity index is 0. The van der Waals surface area contributed by atoms with E-state index in [-0.39, 0.29) is 51.4 Å². The molecule has 4 heteroatoms. The Morgan fingerprint density at radius 1 is 0.581 bits per heavy atom. The zero-order chi connectivity index (χ0) is 22.3. The van der Waals surface area contributed by atoms with Gasteiger partial charge in [0.25, 0.3) is 0 Å². The summed E-state index contributed by atoms with van der Waals surface area (Å²) in [7, 11) is 0. The molecule has 0 aromatic carbocycles. The maximum absolute atomic E-state index is 11.4. The molecule has 31 heavy (non-hydrogen) atoms. The van der Waals surface area contributed by atoms with Crippen molar-refractivity contribution in [3.05, 3.63) is 0 Å². The molecular formula is C27H54KNO2. The summed E-state index contributed by atoms with van der Waals surface area (Å²) in [4.78, 5) is 13.5. The summed E-state index contributed by atoms with van der Waals surface area (Å²) in [5, 5.41) is 11.4. The Morgan fingerprint density at radius 3 is 1.10 bits per heavy atom. The number of carbonyl (C=O) groups excluding carboxylic acids is 1. The van der Waals surface area contributed by atoms with E-state index in [0.29, 0.717) is 0 Å². The first-order valence-electron chi connectivity index (χ1n) is 13.6. The van der Waals surface area contributed by atoms with Crippen LogP contribution in [-0.4, -0.2) is 30.0 Å². The van der Waals surface area contributed by atoms with E-state index >= 15 is 0 Å². The monoisotopic (exact) mass is 463 g/mol. The SMILES string of the molecule is CCCCCCCCCCCCN(CCCCCCCCCCCC)C(C)C(=O)[O-].[K+]. The minimum atomic E-state index is -0.922. The van der Waals surface area contributed by atoms with E-state index in [1.165, 1.54) is 116 Å². The van der Waals surface area contributed by atoms with Crippen molar-refractivity contribution in [3.8, 4) is 0 Å². The Morgan fingerprint density at radius 2 is 0.839 bits per heavy atom. The summed E-state index contributed by atoms with van der Waals surface area (Å²) in [5.41, 5.74) is 0. The normalized spacial score (nSPS) is 12.1. The molecule has 0 amide bonds. The van der Waals surface area contributed by atoms with Gasteiger partial charge in [-0.05, 0) is 32.9 Å². The fraction of sp³-hybridized carbons (Fsp3) is 0.963. The molecule has 0 spiro atoms. The van der Waals surface area contributed by atoms with Crippen molar-refractivity contribution in [3.63, 3.8) is 0 Å². The van der Waals surface area contributed by atoms with Crippen LogP contribution in [0.3, 0.4) is 0 Å². The van der Waals surface area contributed by atoms with Crippen molar-refractivity contribution >= 4 is 5.97 Å². The molecule has 1 atom stereocenters. The molecule has 0 saturated carbocycles. The van der Waals surface area contributed by atoms with Crippen LogP contribution in [0.2, 0.25) is 0 Å². The third-order valence-corrected chi connectivity index (χ3v) is 6.49. The van der Waals surface area contributed by atoms with Gasteiger partial charge >= 0.3 is 51.4 Å². The zero-order valence-corrected chi connectivity index (χ0v) is 25.0. The second-order valence-electron chi connectivity index (χ2n) is 9.39. The van der Waals surface area contributed by atoms with Gasteiger partial charge in [-0.15, -0.1) is 0 Å². The zero-order valence-electron chi connectivity index (χ0n) is 21.9. The molecule has 0 aromatic rings. The van der Waals surface area contributed by atoms with Gasteiger partial charge in [-0.1, -0.05) is 129 Å². The second kappa shape index (κ2) is 27.3. The van der Waals surface area contributed by atoms with E-state index in [0.717, 1.165) is 25.9 Å². The van der Waals surface area contributed by atoms with Gasteiger partial charge in [0.1, 0.15) is 0 Å². The van der Waals surface area contributed by atoms with Crippen LogP contribution in [0.5, 0.6) is 0 Å². The number of carboxylic acid groups (broad SMARTS) is 1. The van der Waals surface area contributed by atoms with Crippen molar-refractivity contribution in [1.82, 2.24) is 4.90 Å². The topological polar surface area (TPSA) is 43.4 Å². The van der Waals surface area contributed by atoms with E-state index in [4.69, 9.17) is 0 Å². The number of hydrogen-bond acceptors (Lipinski definition) is 3. The van der Waals surface area contributed by atoms with Gasteiger partial charge < -0.3 is 9.90 Å². The van der Waals surface area contributed by atoms with Crippen LogP contribution < -0.4 is 56.5 Å². The van der Waals surface area contributed by atoms with Gasteiger partial charge in [-0.2, -0.15) is 0 Å². The van der Waals surface area contributed by atoms with Gasteiger partial charge in [0.05, 0.1) is 5.97 Å². The van der Waals surface area contributed by atoms with Gasteiger partial charge in [0, 0.05) is 6.04 Å². The molecule has 0 aliphatic heterocycles. The van der Waals surface area contributed by atoms with Crippen molar-refractivity contribution < 1.29 is 61.3 Å². The quantitative estimate of drug-likeness (QED) is 0.159. The molecule has 1 unspecified atom stereocenters. The molecule has 0 fully saturated rings. The van der Waals surface area contributed by atoms with Gasteiger partial charge in [-0.25, -0.2) is 0 Å². The van der Waals surface area contributed by atoms with Crippen molar-refractivity contribution in [2.45, 2.75) is 155 Å². The number of rotatable bonds is 24. The number of unbranched alkanes of at least 4 members (excludes halogenated alkanes) is 18. The summed E-state index contributed by atoms with van der Waals surface area (Å²) in [6.07, 6.45) is 26.4. The summed E-state index contributed by atoms with van der Waals surface area (Å²) < 4.78 is 0. The smallest absolute Gasteiger partial charge is 0.548 e. The summed E-state index contributed by atoms with van der Waals surface area (Å²) in [6.45, 7) is 8.14. The molecule has 180 valence electrons. The number of carboxylic acids is 1. The second-order valence-corrected chi connectivity index (χ2v) is 9.39. The van der Waals surface area contributed by atoms with Crippen LogP contribution in [0.1, 0.15) is 149 Å². The third kappa shape index (κ3) is 24.0. The van der Waals surface area contributed by atoms with E-state index in [1.807, 2.05) is 0 Å². The Kier molecular flexibility index (Phi) is 30.2. The molecule has 0 heterocycles. The standard InChI is InChI=1S/C27H55NO2.K/c1-4-6-8-10-12-14-16-18-20-22-24-28(26(3)27(29)30)25-23-21-19-17-15-13-11-9-7-5-2;/h26H,4-25H2,1-3H3,(H,29,30);/q;+1/p-1. The molecule has 0 aromatic heterocycles. The van der Waals surface area contributed by atoms with E-state index in [9.17, 15) is 9.90 Å². The molecule has 0 aliphatic rings. The average molecular weight is 464 g/mol. The van der Waals surface area contributed by atoms with Crippen LogP contribution in [0, 0.1) is 0 Å². The summed E-state index contributed by atoms with van der Waals surface area (Å²) in [6, 6.07) is -0.456. The first-order valence-corrected chi connectivity index (χ1v) is 13.6. The maximum Gasteiger partial charge on any atom is 1.00 e. The predicted octanol–water partition coefficient (Wildman–Crippen LogP) is 4.27. The van der Waals surface area contributed by atoms with Crippen LogP contribution in [-0.2, 0) is 4.79 Å². The Hall–Kier alpha value is 1.07. The predicted molar refractivity (Wildman–Crippen MR) is 130 cm³/mol. The molecule has 3 nitrogen and oxygen atoms in total. The fourth-order valence-corrected chi connectivity index (χ4v) is 4.25. The van der Waals surface area contributed by atoms with Crippen LogP contribution >= 0.6 is 0 Å². The number of aliphatic carboxylic acids is 1. The average Bonchev–Trinajstić information content (AvgIpc) is 2.74. The van der Waals surface area contributed by atoms with Crippen molar-refractivity contribution in [2.75, 3.05) is 13.1 Å². The number of hydrogen-bond donors (Lipinski definition) is 0. The first-order chi connectivity index (χ1) is 14.6. The molecule has 0 saturated heterocycles. The Labute approximate surface area is 238 Å². The van der Waals surface area contributed by atoms with Crippen molar-refractivity contribution in [1.29, 1.82) is 0 Å². The first kappa shape index (κ1) is 34.2. The van der Waals surface area contributed by atoms with Gasteiger partial charge in [0.15, 0.2) is 0 Å². The number of nitrogens with zero attached hydrogens (tertiary/aromatic N) is 1. The van der Waals surface area contributed by atoms with Crippen LogP contribution in [0.4, 0.5) is 0 Å². The van der Waals surface area contributed by atoms with E-state index in [2.05, 4.69) is 18.7 Å². The third-order valence-electron chi connectivity index (χ3n) is 6.49. The molecule has 0 aliphatic carbocycles. The number of carbonyl (C=O) groups is 1. The van der Waals surface area contributed by atoms with Crippen LogP contribution in [0.25, 0.3) is 0 Å². The summed E-state index contributed by atoms with van der Waals surface area (Å²) in [5.74, 6) is -0.922. The van der Waals surface area contributed by atoms with E-state index in [1.54, 1.807) is 6.92 Å². The van der Waals surface area contributed by atoms with Gasteiger partial charge in [-0.3, -0.25) is 4.90 Å². The largest absolute Gasteiger partial charge is 1.00 e. The molecule has 0 radical (unpaired) electrons. The van der Waals surface area contributed by atoms with Gasteiger partial charge in [0.2, 0.25) is 0 Å². The molecule has 0 bridgehead atoms. The fourth-order valence-electron chi connectivity index (χ4n) is 4.25. The molecule has 0 rings (SSSR count). The maximum atomic E-state index is 11.4. The molecular weight excluding hydrogens is 409 g/mol. The summed E-state index contributed by atoms with van der Waals surface area (Å²) >= 11 is 0. The van der Waals surface area contributed by atoms with Crippen molar-refractivity contribution in [2.24, 2.45) is 0 Å². The van der Waals surface area contributed by atoms with E-state index < -0.39 is 12.0 Å². The minimum absolute atomic E-state index is 0. The Bertz CT molecular complexity index is 341. The van der Waals surface area contributed by atoms with Crippen LogP contribution in [0.15, 0.2) is 0 Å².